The summed E-state index contributed by atoms with van der Waals surface area (Å²) in [7, 11) is 0. The third kappa shape index (κ3) is 3.03. The van der Waals surface area contributed by atoms with Crippen molar-refractivity contribution in [2.24, 2.45) is 5.41 Å². The van der Waals surface area contributed by atoms with Crippen molar-refractivity contribution in [3.8, 4) is 0 Å². The maximum atomic E-state index is 12.2. The van der Waals surface area contributed by atoms with Crippen LogP contribution in [0.5, 0.6) is 0 Å². The van der Waals surface area contributed by atoms with Gasteiger partial charge in [0.05, 0.1) is 16.1 Å². The number of nitro benzene ring substituents is 1. The van der Waals surface area contributed by atoms with Gasteiger partial charge < -0.3 is 9.47 Å². The fourth-order valence-corrected chi connectivity index (χ4v) is 4.18. The van der Waals surface area contributed by atoms with E-state index >= 15 is 0 Å². The first-order chi connectivity index (χ1) is 12.1. The number of epoxide rings is 1. The number of hydrogen-bond donors (Lipinski definition) is 0. The summed E-state index contributed by atoms with van der Waals surface area (Å²) < 4.78 is 11.6. The first-order valence-electron chi connectivity index (χ1n) is 8.95. The summed E-state index contributed by atoms with van der Waals surface area (Å²) in [5, 5.41) is 10.7. The number of ether oxygens (including phenoxy) is 2. The van der Waals surface area contributed by atoms with E-state index in [4.69, 9.17) is 9.47 Å². The molecule has 1 aliphatic carbocycles. The lowest BCUT2D eigenvalue weighted by Crippen LogP contribution is -2.41. The zero-order chi connectivity index (χ0) is 19.2. The molecule has 6 heteroatoms. The maximum absolute atomic E-state index is 12.2. The number of carbonyl (C=O) groups excluding carboxylic acids is 1. The van der Waals surface area contributed by atoms with E-state index in [1.807, 2.05) is 6.08 Å². The predicted molar refractivity (Wildman–Crippen MR) is 97.0 cm³/mol. The summed E-state index contributed by atoms with van der Waals surface area (Å²) in [6.45, 7) is 8.38. The zero-order valence-electron chi connectivity index (χ0n) is 15.7. The molecule has 1 saturated heterocycles. The van der Waals surface area contributed by atoms with Crippen LogP contribution in [0.2, 0.25) is 0 Å². The molecule has 2 aliphatic rings. The van der Waals surface area contributed by atoms with Crippen molar-refractivity contribution < 1.29 is 19.2 Å². The fraction of sp³-hybridized carbons (Fsp3) is 0.550. The van der Waals surface area contributed by atoms with Crippen molar-refractivity contribution in [2.45, 2.75) is 64.3 Å². The van der Waals surface area contributed by atoms with Crippen LogP contribution in [0.25, 0.3) is 0 Å². The van der Waals surface area contributed by atoms with Gasteiger partial charge in [-0.1, -0.05) is 13.8 Å². The highest BCUT2D eigenvalue weighted by Gasteiger charge is 2.73. The van der Waals surface area contributed by atoms with E-state index in [0.29, 0.717) is 5.56 Å². The lowest BCUT2D eigenvalue weighted by atomic mass is 9.64. The molecular weight excluding hydrogens is 334 g/mol. The van der Waals surface area contributed by atoms with Gasteiger partial charge in [-0.2, -0.15) is 0 Å². The fourth-order valence-electron chi connectivity index (χ4n) is 4.18. The van der Waals surface area contributed by atoms with Crippen molar-refractivity contribution in [1.29, 1.82) is 0 Å². The first kappa shape index (κ1) is 18.6. The van der Waals surface area contributed by atoms with Gasteiger partial charge in [0, 0.05) is 17.5 Å². The number of rotatable bonds is 5. The Kier molecular flexibility index (Phi) is 4.43. The molecule has 1 aromatic rings. The number of esters is 1. The second-order valence-electron chi connectivity index (χ2n) is 8.08. The monoisotopic (exact) mass is 359 g/mol. The molecule has 0 amide bonds. The summed E-state index contributed by atoms with van der Waals surface area (Å²) in [5.41, 5.74) is -0.157. The van der Waals surface area contributed by atoms with Crippen molar-refractivity contribution >= 4 is 11.7 Å². The molecule has 1 heterocycles. The molecule has 1 saturated carbocycles. The van der Waals surface area contributed by atoms with E-state index in [9.17, 15) is 14.9 Å². The van der Waals surface area contributed by atoms with Gasteiger partial charge in [-0.25, -0.2) is 4.79 Å². The number of benzene rings is 1. The third-order valence-electron chi connectivity index (χ3n) is 5.80. The molecule has 0 unspecified atom stereocenters. The molecule has 26 heavy (non-hydrogen) atoms. The quantitative estimate of drug-likeness (QED) is 0.255. The second-order valence-corrected chi connectivity index (χ2v) is 8.08. The molecule has 140 valence electrons. The van der Waals surface area contributed by atoms with Crippen molar-refractivity contribution in [3.63, 3.8) is 0 Å². The topological polar surface area (TPSA) is 82.0 Å². The van der Waals surface area contributed by atoms with E-state index < -0.39 is 17.0 Å². The Morgan fingerprint density at radius 2 is 1.92 bits per heavy atom. The summed E-state index contributed by atoms with van der Waals surface area (Å²) in [6.07, 6.45) is 6.81. The van der Waals surface area contributed by atoms with Gasteiger partial charge in [-0.15, -0.1) is 0 Å². The maximum Gasteiger partial charge on any atom is 0.338 e. The highest BCUT2D eigenvalue weighted by molar-refractivity contribution is 5.89. The normalized spacial score (nSPS) is 30.5. The Morgan fingerprint density at radius 3 is 2.50 bits per heavy atom. The number of hydrogen-bond acceptors (Lipinski definition) is 5. The standard InChI is InChI=1S/C20H25NO5/c1-14(25-17(22)15-6-8-16(9-7-15)21(23)24)10-13-20-18(2,3)11-5-12-19(20,4)26-20/h6-10,13-14H,5,11-12H2,1-4H3/t14-,19+,20-/m0/s1. The molecule has 3 atom stereocenters. The predicted octanol–water partition coefficient (Wildman–Crippen LogP) is 4.43. The van der Waals surface area contributed by atoms with Crippen LogP contribution < -0.4 is 0 Å². The summed E-state index contributed by atoms with van der Waals surface area (Å²) in [5.74, 6) is -0.503. The number of carbonyl (C=O) groups is 1. The van der Waals surface area contributed by atoms with E-state index in [1.54, 1.807) is 6.92 Å². The Labute approximate surface area is 153 Å². The van der Waals surface area contributed by atoms with E-state index in [2.05, 4.69) is 26.8 Å². The minimum atomic E-state index is -0.503. The molecule has 0 spiro atoms. The SMILES string of the molecule is C[C@@H](C=C[C@@]12O[C@]1(C)CCCC2(C)C)OC(=O)c1ccc([N+](=O)[O-])cc1. The number of fused-ring (bicyclic) bond motifs is 1. The van der Waals surface area contributed by atoms with Crippen LogP contribution in [0.3, 0.4) is 0 Å². The lowest BCUT2D eigenvalue weighted by molar-refractivity contribution is -0.384. The number of nitro groups is 1. The highest BCUT2D eigenvalue weighted by Crippen LogP contribution is 2.66. The van der Waals surface area contributed by atoms with Gasteiger partial charge >= 0.3 is 5.97 Å². The summed E-state index contributed by atoms with van der Waals surface area (Å²) in [4.78, 5) is 22.4. The molecular formula is C20H25NO5. The van der Waals surface area contributed by atoms with Crippen LogP contribution in [0.15, 0.2) is 36.4 Å². The van der Waals surface area contributed by atoms with Crippen LogP contribution in [0.4, 0.5) is 5.69 Å². The van der Waals surface area contributed by atoms with Crippen molar-refractivity contribution in [1.82, 2.24) is 0 Å². The molecule has 1 aromatic carbocycles. The molecule has 3 rings (SSSR count). The Morgan fingerprint density at radius 1 is 1.27 bits per heavy atom. The minimum absolute atomic E-state index is 0.0403. The van der Waals surface area contributed by atoms with Gasteiger partial charge in [-0.05, 0) is 57.4 Å². The zero-order valence-corrected chi connectivity index (χ0v) is 15.7. The second kappa shape index (κ2) is 6.20. The third-order valence-corrected chi connectivity index (χ3v) is 5.80. The Balaban J connectivity index is 1.65. The lowest BCUT2D eigenvalue weighted by Gasteiger charge is -2.36. The van der Waals surface area contributed by atoms with Crippen LogP contribution in [0, 0.1) is 15.5 Å². The molecule has 0 N–H and O–H groups in total. The first-order valence-corrected chi connectivity index (χ1v) is 8.95. The molecule has 0 aromatic heterocycles. The molecule has 1 aliphatic heterocycles. The number of non-ortho nitro benzene ring substituents is 1. The molecule has 0 bridgehead atoms. The van der Waals surface area contributed by atoms with Gasteiger partial charge in [-0.3, -0.25) is 10.1 Å². The minimum Gasteiger partial charge on any atom is -0.455 e. The highest BCUT2D eigenvalue weighted by atomic mass is 16.6. The summed E-state index contributed by atoms with van der Waals surface area (Å²) in [6, 6.07) is 5.40. The van der Waals surface area contributed by atoms with Gasteiger partial charge in [0.2, 0.25) is 0 Å². The average molecular weight is 359 g/mol. The van der Waals surface area contributed by atoms with Crippen molar-refractivity contribution in [2.75, 3.05) is 0 Å². The Bertz CT molecular complexity index is 754. The largest absolute Gasteiger partial charge is 0.455 e. The molecule has 6 nitrogen and oxygen atoms in total. The Hall–Kier alpha value is -2.21. The number of nitrogens with zero attached hydrogens (tertiary/aromatic N) is 1. The van der Waals surface area contributed by atoms with Crippen LogP contribution in [-0.4, -0.2) is 28.2 Å². The van der Waals surface area contributed by atoms with Gasteiger partial charge in [0.15, 0.2) is 0 Å². The smallest absolute Gasteiger partial charge is 0.338 e. The van der Waals surface area contributed by atoms with Crippen molar-refractivity contribution in [3.05, 3.63) is 52.1 Å². The van der Waals surface area contributed by atoms with Gasteiger partial charge in [0.1, 0.15) is 11.7 Å². The summed E-state index contributed by atoms with van der Waals surface area (Å²) >= 11 is 0. The van der Waals surface area contributed by atoms with Gasteiger partial charge in [0.25, 0.3) is 5.69 Å². The average Bonchev–Trinajstić information content (AvgIpc) is 3.20. The van der Waals surface area contributed by atoms with E-state index in [0.717, 1.165) is 19.3 Å². The van der Waals surface area contributed by atoms with E-state index in [-0.39, 0.29) is 22.3 Å². The van der Waals surface area contributed by atoms with Crippen LogP contribution >= 0.6 is 0 Å². The van der Waals surface area contributed by atoms with E-state index in [1.165, 1.54) is 24.3 Å². The molecule has 2 fully saturated rings. The van der Waals surface area contributed by atoms with Crippen LogP contribution in [-0.2, 0) is 9.47 Å². The van der Waals surface area contributed by atoms with Crippen LogP contribution in [0.1, 0.15) is 57.3 Å². The molecule has 0 radical (unpaired) electrons.